The fraction of sp³-hybridized carbons (Fsp3) is 0.500. The third-order valence-corrected chi connectivity index (χ3v) is 0. The molecule has 0 saturated carbocycles. The minimum Gasteiger partial charge on any atom is 0.316 e. The molecule has 0 atom stereocenters. The Kier molecular flexibility index (Phi) is 26.1. The molecule has 0 aromatic carbocycles. The van der Waals surface area contributed by atoms with Gasteiger partial charge in [-0.1, -0.05) is 0 Å². The number of carboxylic acids is 1. The molecule has 6 heavy (non-hydrogen) atoms. The van der Waals surface area contributed by atoms with E-state index in [0.29, 0.717) is 0 Å². The minimum absolute atomic E-state index is 0. The fourth-order valence-electron chi connectivity index (χ4n) is 0. The topological polar surface area (TPSA) is 37.3 Å². The molecule has 0 amide bonds. The largest absolute Gasteiger partial charge is 0.316 e. The molecule has 0 aliphatic heterocycles. The first-order valence-electron chi connectivity index (χ1n) is 0.928. The van der Waals surface area contributed by atoms with E-state index in [-0.39, 0.29) is 74.4 Å². The van der Waals surface area contributed by atoms with E-state index in [1.165, 1.54) is 0 Å². The van der Waals surface area contributed by atoms with Crippen molar-refractivity contribution in [3.8, 4) is 0 Å². The monoisotopic (exact) mass is 126 g/mol. The predicted octanol–water partition coefficient (Wildman–Crippen LogP) is -1.47. The molecular formula is C2H7KMgO2. The van der Waals surface area contributed by atoms with Crippen LogP contribution in [0, 0.1) is 0 Å². The SMILES string of the molecule is CC(=O)O.[KH].[MgH2]. The fourth-order valence-corrected chi connectivity index (χ4v) is 0. The van der Waals surface area contributed by atoms with Crippen LogP contribution in [0.4, 0.5) is 0 Å². The maximum atomic E-state index is 9.00. The van der Waals surface area contributed by atoms with E-state index in [2.05, 4.69) is 0 Å². The molecule has 0 radical (unpaired) electrons. The maximum Gasteiger partial charge on any atom is 0.316 e. The third kappa shape index (κ3) is 39.8. The Balaban J connectivity index is -0.0000000450. The second-order valence-corrected chi connectivity index (χ2v) is 0.519. The van der Waals surface area contributed by atoms with Gasteiger partial charge in [-0.2, -0.15) is 0 Å². The second-order valence-electron chi connectivity index (χ2n) is 0.519. The van der Waals surface area contributed by atoms with Crippen LogP contribution in [0.15, 0.2) is 0 Å². The van der Waals surface area contributed by atoms with Gasteiger partial charge in [0.15, 0.2) is 0 Å². The van der Waals surface area contributed by atoms with E-state index >= 15 is 0 Å². The van der Waals surface area contributed by atoms with Crippen LogP contribution in [0.5, 0.6) is 0 Å². The molecule has 0 fully saturated rings. The van der Waals surface area contributed by atoms with Crippen LogP contribution in [-0.2, 0) is 4.79 Å². The number of aliphatic carboxylic acids is 1. The first-order valence-corrected chi connectivity index (χ1v) is 0.928. The Morgan fingerprint density at radius 1 is 1.67 bits per heavy atom. The van der Waals surface area contributed by atoms with Crippen LogP contribution in [0.25, 0.3) is 0 Å². The van der Waals surface area contributed by atoms with E-state index < -0.39 is 5.97 Å². The standard InChI is InChI=1S/C2H4O2.K.Mg.3H/c1-2(3)4;;;;;/h1H3,(H,3,4);;;;;. The van der Waals surface area contributed by atoms with Crippen LogP contribution < -0.4 is 0 Å². The summed E-state index contributed by atoms with van der Waals surface area (Å²) in [6.07, 6.45) is 0. The number of hydrogen-bond acceptors (Lipinski definition) is 1. The zero-order valence-corrected chi connectivity index (χ0v) is 2.36. The first-order chi connectivity index (χ1) is 1.73. The van der Waals surface area contributed by atoms with Crippen molar-refractivity contribution >= 4 is 80.4 Å². The van der Waals surface area contributed by atoms with Gasteiger partial charge in [0.25, 0.3) is 5.97 Å². The molecule has 0 aromatic rings. The Bertz CT molecular complexity index is 34.5. The summed E-state index contributed by atoms with van der Waals surface area (Å²) < 4.78 is 0. The third-order valence-electron chi connectivity index (χ3n) is 0. The van der Waals surface area contributed by atoms with E-state index in [1.807, 2.05) is 0 Å². The van der Waals surface area contributed by atoms with Crippen molar-refractivity contribution in [1.29, 1.82) is 0 Å². The van der Waals surface area contributed by atoms with Crippen LogP contribution in [0.3, 0.4) is 0 Å². The van der Waals surface area contributed by atoms with Crippen molar-refractivity contribution in [2.24, 2.45) is 0 Å². The van der Waals surface area contributed by atoms with Gasteiger partial charge in [-0.05, 0) is 0 Å². The van der Waals surface area contributed by atoms with E-state index in [0.717, 1.165) is 6.92 Å². The zero-order chi connectivity index (χ0) is 3.58. The molecular weight excluding hydrogens is 119 g/mol. The molecule has 1 N–H and O–H groups in total. The number of hydrogen-bond donors (Lipinski definition) is 1. The maximum absolute atomic E-state index is 9.00. The summed E-state index contributed by atoms with van der Waals surface area (Å²) in [5, 5.41) is 7.42. The summed E-state index contributed by atoms with van der Waals surface area (Å²) in [7, 11) is 0. The molecule has 0 aliphatic rings. The normalized spacial score (nSPS) is 4.17. The predicted molar refractivity (Wildman–Crippen MR) is 29.0 cm³/mol. The summed E-state index contributed by atoms with van der Waals surface area (Å²) in [6, 6.07) is 0. The summed E-state index contributed by atoms with van der Waals surface area (Å²) >= 11 is 0. The summed E-state index contributed by atoms with van der Waals surface area (Å²) in [6.45, 7) is 1.08. The molecule has 0 rings (SSSR count). The van der Waals surface area contributed by atoms with Crippen molar-refractivity contribution in [1.82, 2.24) is 0 Å². The molecule has 0 aliphatic carbocycles. The zero-order valence-electron chi connectivity index (χ0n) is 2.36. The number of carbonyl (C=O) groups is 1. The van der Waals surface area contributed by atoms with Crippen LogP contribution in [-0.4, -0.2) is 85.5 Å². The van der Waals surface area contributed by atoms with Crippen LogP contribution >= 0.6 is 0 Å². The average molecular weight is 126 g/mol. The van der Waals surface area contributed by atoms with Gasteiger partial charge in [-0.3, -0.25) is 4.79 Å². The molecule has 0 unspecified atom stereocenters. The number of carboxylic acid groups (broad SMARTS) is 1. The minimum atomic E-state index is -0.833. The van der Waals surface area contributed by atoms with Crippen molar-refractivity contribution in [2.75, 3.05) is 0 Å². The van der Waals surface area contributed by atoms with Gasteiger partial charge in [-0.25, -0.2) is 0 Å². The van der Waals surface area contributed by atoms with E-state index in [1.54, 1.807) is 0 Å². The Morgan fingerprint density at radius 2 is 1.67 bits per heavy atom. The van der Waals surface area contributed by atoms with Crippen molar-refractivity contribution in [3.05, 3.63) is 0 Å². The quantitative estimate of drug-likeness (QED) is 0.402. The summed E-state index contributed by atoms with van der Waals surface area (Å²) in [5.74, 6) is -0.833. The molecule has 2 nitrogen and oxygen atoms in total. The van der Waals surface area contributed by atoms with Crippen LogP contribution in [0.1, 0.15) is 6.92 Å². The molecule has 0 saturated heterocycles. The first kappa shape index (κ1) is 15.7. The molecule has 0 aromatic heterocycles. The second kappa shape index (κ2) is 9.98. The van der Waals surface area contributed by atoms with Crippen molar-refractivity contribution in [3.63, 3.8) is 0 Å². The molecule has 30 valence electrons. The summed E-state index contributed by atoms with van der Waals surface area (Å²) in [5.41, 5.74) is 0. The van der Waals surface area contributed by atoms with Gasteiger partial charge in [0, 0.05) is 6.92 Å². The Hall–Kier alpha value is 1.87. The van der Waals surface area contributed by atoms with Gasteiger partial charge in [-0.15, -0.1) is 0 Å². The van der Waals surface area contributed by atoms with Crippen molar-refractivity contribution in [2.45, 2.75) is 6.92 Å². The number of rotatable bonds is 0. The van der Waals surface area contributed by atoms with Gasteiger partial charge < -0.3 is 5.11 Å². The Labute approximate surface area is 95.3 Å². The molecule has 0 heterocycles. The van der Waals surface area contributed by atoms with Crippen molar-refractivity contribution < 1.29 is 9.90 Å². The van der Waals surface area contributed by atoms with Crippen LogP contribution in [0.2, 0.25) is 0 Å². The van der Waals surface area contributed by atoms with Gasteiger partial charge in [0.1, 0.15) is 0 Å². The molecule has 0 bridgehead atoms. The summed E-state index contributed by atoms with van der Waals surface area (Å²) in [4.78, 5) is 9.00. The van der Waals surface area contributed by atoms with Gasteiger partial charge in [0.05, 0.1) is 0 Å². The smallest absolute Gasteiger partial charge is 0.316 e. The Morgan fingerprint density at radius 3 is 1.67 bits per heavy atom. The van der Waals surface area contributed by atoms with E-state index in [9.17, 15) is 0 Å². The van der Waals surface area contributed by atoms with E-state index in [4.69, 9.17) is 9.90 Å². The van der Waals surface area contributed by atoms with Gasteiger partial charge >= 0.3 is 74.4 Å². The molecule has 4 heteroatoms. The molecule has 0 spiro atoms. The average Bonchev–Trinajstić information content (AvgIpc) is 0.811. The van der Waals surface area contributed by atoms with Gasteiger partial charge in [0.2, 0.25) is 0 Å².